The molecule has 0 unspecified atom stereocenters. The lowest BCUT2D eigenvalue weighted by Crippen LogP contribution is -2.31. The van der Waals surface area contributed by atoms with E-state index in [0.29, 0.717) is 17.4 Å². The molecule has 3 aromatic rings. The Morgan fingerprint density at radius 3 is 2.30 bits per heavy atom. The molecule has 1 heterocycles. The first kappa shape index (κ1) is 24.1. The Hall–Kier alpha value is -3.54. The minimum atomic E-state index is -4.76. The van der Waals surface area contributed by atoms with Crippen molar-refractivity contribution in [3.8, 4) is 5.69 Å². The van der Waals surface area contributed by atoms with Gasteiger partial charge in [0.15, 0.2) is 9.84 Å². The van der Waals surface area contributed by atoms with E-state index in [2.05, 4.69) is 10.6 Å². The number of rotatable bonds is 5. The van der Waals surface area contributed by atoms with Crippen molar-refractivity contribution in [3.63, 3.8) is 0 Å². The number of urea groups is 1. The van der Waals surface area contributed by atoms with Crippen molar-refractivity contribution in [2.45, 2.75) is 24.5 Å². The summed E-state index contributed by atoms with van der Waals surface area (Å²) in [5.74, 6) is 0. The van der Waals surface area contributed by atoms with Gasteiger partial charge in [0.05, 0.1) is 21.8 Å². The van der Waals surface area contributed by atoms with Gasteiger partial charge in [0.25, 0.3) is 5.56 Å². The Labute approximate surface area is 187 Å². The molecular formula is C21H21F3N4O4S. The number of hydrogen-bond acceptors (Lipinski definition) is 4. The van der Waals surface area contributed by atoms with Crippen LogP contribution in [0.25, 0.3) is 5.69 Å². The minimum absolute atomic E-state index is 0.000259. The van der Waals surface area contributed by atoms with Gasteiger partial charge in [-0.05, 0) is 42.8 Å². The molecule has 0 aliphatic carbocycles. The van der Waals surface area contributed by atoms with Gasteiger partial charge < -0.3 is 10.6 Å². The Morgan fingerprint density at radius 1 is 1.09 bits per heavy atom. The summed E-state index contributed by atoms with van der Waals surface area (Å²) in [4.78, 5) is 24.7. The van der Waals surface area contributed by atoms with E-state index in [1.54, 1.807) is 49.0 Å². The summed E-state index contributed by atoms with van der Waals surface area (Å²) >= 11 is 0. The summed E-state index contributed by atoms with van der Waals surface area (Å²) in [5.41, 5.74) is -0.662. The number of anilines is 1. The lowest BCUT2D eigenvalue weighted by atomic mass is 10.1. The smallest absolute Gasteiger partial charge is 0.334 e. The van der Waals surface area contributed by atoms with Gasteiger partial charge in [-0.25, -0.2) is 17.9 Å². The van der Waals surface area contributed by atoms with Crippen molar-refractivity contribution < 1.29 is 26.4 Å². The number of sulfone groups is 1. The number of carbonyl (C=O) groups excluding carboxylic acids is 1. The van der Waals surface area contributed by atoms with Crippen LogP contribution >= 0.6 is 0 Å². The summed E-state index contributed by atoms with van der Waals surface area (Å²) in [6.07, 6.45) is -3.97. The van der Waals surface area contributed by atoms with Gasteiger partial charge in [-0.15, -0.1) is 0 Å². The second-order valence-corrected chi connectivity index (χ2v) is 9.40. The third kappa shape index (κ3) is 5.28. The number of para-hydroxylation sites is 1. The minimum Gasteiger partial charge on any atom is -0.334 e. The van der Waals surface area contributed by atoms with Crippen LogP contribution in [0.3, 0.4) is 0 Å². The van der Waals surface area contributed by atoms with Crippen molar-refractivity contribution in [1.29, 1.82) is 0 Å². The summed E-state index contributed by atoms with van der Waals surface area (Å²) in [6.45, 7) is 1.23. The molecule has 0 radical (unpaired) electrons. The Kier molecular flexibility index (Phi) is 6.41. The molecule has 3 rings (SSSR count). The number of nitrogens with one attached hydrogen (secondary N) is 2. The van der Waals surface area contributed by atoms with E-state index in [0.717, 1.165) is 18.4 Å². The number of amides is 2. The number of alkyl halides is 3. The van der Waals surface area contributed by atoms with E-state index >= 15 is 0 Å². The summed E-state index contributed by atoms with van der Waals surface area (Å²) in [5, 5.41) is 4.78. The molecule has 0 aliphatic heterocycles. The molecule has 0 atom stereocenters. The van der Waals surface area contributed by atoms with Crippen LogP contribution in [0.1, 0.15) is 16.8 Å². The highest BCUT2D eigenvalue weighted by atomic mass is 32.2. The van der Waals surface area contributed by atoms with Gasteiger partial charge in [-0.3, -0.25) is 9.48 Å². The van der Waals surface area contributed by atoms with Crippen LogP contribution in [-0.2, 0) is 29.6 Å². The fourth-order valence-electron chi connectivity index (χ4n) is 3.19. The predicted molar refractivity (Wildman–Crippen MR) is 116 cm³/mol. The molecule has 0 saturated carbocycles. The molecule has 8 nitrogen and oxygen atoms in total. The summed E-state index contributed by atoms with van der Waals surface area (Å²) in [7, 11) is -2.27. The maximum absolute atomic E-state index is 13.2. The molecular weight excluding hydrogens is 461 g/mol. The summed E-state index contributed by atoms with van der Waals surface area (Å²) in [6, 6.07) is 10.3. The van der Waals surface area contributed by atoms with Crippen molar-refractivity contribution in [1.82, 2.24) is 14.7 Å². The maximum atomic E-state index is 13.2. The van der Waals surface area contributed by atoms with E-state index in [4.69, 9.17) is 0 Å². The number of nitrogens with zero attached hydrogens (tertiary/aromatic N) is 2. The average molecular weight is 482 g/mol. The van der Waals surface area contributed by atoms with E-state index < -0.39 is 44.6 Å². The molecule has 0 aliphatic rings. The highest BCUT2D eigenvalue weighted by Crippen LogP contribution is 2.31. The van der Waals surface area contributed by atoms with Crippen LogP contribution in [0.2, 0.25) is 0 Å². The van der Waals surface area contributed by atoms with Crippen LogP contribution in [-0.4, -0.2) is 30.1 Å². The number of aromatic nitrogens is 2. The van der Waals surface area contributed by atoms with Crippen LogP contribution in [0.4, 0.5) is 23.7 Å². The first-order valence-electron chi connectivity index (χ1n) is 9.59. The van der Waals surface area contributed by atoms with Crippen LogP contribution in [0, 0.1) is 6.92 Å². The molecule has 33 heavy (non-hydrogen) atoms. The standard InChI is InChI=1S/C21H21F3N4O4S/c1-13-18(19(29)28(27(13)2)16-7-5-4-6-8-16)26-20(30)25-12-14-9-15(21(22,23)24)11-17(10-14)33(3,31)32/h4-11H,12H2,1-3H3,(H2,25,26,30). The Bertz CT molecular complexity index is 1360. The lowest BCUT2D eigenvalue weighted by molar-refractivity contribution is -0.137. The van der Waals surface area contributed by atoms with Crippen LogP contribution < -0.4 is 16.2 Å². The zero-order chi connectivity index (χ0) is 24.6. The van der Waals surface area contributed by atoms with E-state index in [1.165, 1.54) is 4.68 Å². The van der Waals surface area contributed by atoms with Gasteiger partial charge in [0.1, 0.15) is 5.69 Å². The number of benzene rings is 2. The molecule has 0 spiro atoms. The zero-order valence-electron chi connectivity index (χ0n) is 17.9. The lowest BCUT2D eigenvalue weighted by Gasteiger charge is -2.12. The summed E-state index contributed by atoms with van der Waals surface area (Å²) < 4.78 is 65.9. The van der Waals surface area contributed by atoms with Crippen molar-refractivity contribution in [2.75, 3.05) is 11.6 Å². The fourth-order valence-corrected chi connectivity index (χ4v) is 3.90. The van der Waals surface area contributed by atoms with Crippen LogP contribution in [0.5, 0.6) is 0 Å². The molecule has 176 valence electrons. The van der Waals surface area contributed by atoms with E-state index in [1.807, 2.05) is 0 Å². The molecule has 2 N–H and O–H groups in total. The van der Waals surface area contributed by atoms with Gasteiger partial charge in [0.2, 0.25) is 0 Å². The Balaban J connectivity index is 1.83. The average Bonchev–Trinajstić information content (AvgIpc) is 2.94. The first-order valence-corrected chi connectivity index (χ1v) is 11.5. The second-order valence-electron chi connectivity index (χ2n) is 7.38. The quantitative estimate of drug-likeness (QED) is 0.583. The predicted octanol–water partition coefficient (Wildman–Crippen LogP) is 3.23. The molecule has 0 bridgehead atoms. The second kappa shape index (κ2) is 8.77. The van der Waals surface area contributed by atoms with Gasteiger partial charge in [0, 0.05) is 19.8 Å². The third-order valence-corrected chi connectivity index (χ3v) is 6.06. The highest BCUT2D eigenvalue weighted by Gasteiger charge is 2.32. The topological polar surface area (TPSA) is 102 Å². The van der Waals surface area contributed by atoms with Gasteiger partial charge >= 0.3 is 12.2 Å². The third-order valence-electron chi connectivity index (χ3n) is 4.97. The van der Waals surface area contributed by atoms with Crippen molar-refractivity contribution >= 4 is 21.6 Å². The molecule has 12 heteroatoms. The molecule has 0 saturated heterocycles. The van der Waals surface area contributed by atoms with Gasteiger partial charge in [-0.2, -0.15) is 13.2 Å². The van der Waals surface area contributed by atoms with E-state index in [9.17, 15) is 31.2 Å². The molecule has 1 aromatic heterocycles. The molecule has 2 amide bonds. The number of hydrogen-bond donors (Lipinski definition) is 2. The van der Waals surface area contributed by atoms with Crippen LogP contribution in [0.15, 0.2) is 58.2 Å². The zero-order valence-corrected chi connectivity index (χ0v) is 18.7. The monoisotopic (exact) mass is 482 g/mol. The van der Waals surface area contributed by atoms with Crippen molar-refractivity contribution in [2.24, 2.45) is 7.05 Å². The fraction of sp³-hybridized carbons (Fsp3) is 0.238. The maximum Gasteiger partial charge on any atom is 0.416 e. The normalized spacial score (nSPS) is 11.9. The van der Waals surface area contributed by atoms with Gasteiger partial charge in [-0.1, -0.05) is 18.2 Å². The largest absolute Gasteiger partial charge is 0.416 e. The number of carbonyl (C=O) groups is 1. The molecule has 0 fully saturated rings. The van der Waals surface area contributed by atoms with Crippen molar-refractivity contribution in [3.05, 3.63) is 75.7 Å². The first-order chi connectivity index (χ1) is 15.3. The highest BCUT2D eigenvalue weighted by molar-refractivity contribution is 7.90. The number of halogens is 3. The Morgan fingerprint density at radius 2 is 1.73 bits per heavy atom. The van der Waals surface area contributed by atoms with E-state index in [-0.39, 0.29) is 11.3 Å². The molecule has 2 aromatic carbocycles. The SMILES string of the molecule is Cc1c(NC(=O)NCc2cc(C(F)(F)F)cc(S(C)(=O)=O)c2)c(=O)n(-c2ccccc2)n1C.